The van der Waals surface area contributed by atoms with E-state index in [1.807, 2.05) is 6.07 Å². The van der Waals surface area contributed by atoms with Gasteiger partial charge < -0.3 is 5.73 Å². The van der Waals surface area contributed by atoms with Gasteiger partial charge in [0.05, 0.1) is 5.75 Å². The van der Waals surface area contributed by atoms with Crippen LogP contribution in [0, 0.1) is 5.82 Å². The molecule has 0 heterocycles. The van der Waals surface area contributed by atoms with Gasteiger partial charge in [0.25, 0.3) is 0 Å². The van der Waals surface area contributed by atoms with Crippen molar-refractivity contribution < 1.29 is 12.8 Å². The van der Waals surface area contributed by atoms with E-state index in [9.17, 15) is 12.8 Å². The zero-order valence-corrected chi connectivity index (χ0v) is 11.3. The highest BCUT2D eigenvalue weighted by atomic mass is 32.2. The molecule has 0 aliphatic heterocycles. The maximum Gasteiger partial charge on any atom is 0.148 e. The Morgan fingerprint density at radius 3 is 2.65 bits per heavy atom. The fourth-order valence-electron chi connectivity index (χ4n) is 1.33. The van der Waals surface area contributed by atoms with Crippen molar-refractivity contribution >= 4 is 21.6 Å². The number of benzene rings is 1. The molecule has 1 aromatic carbocycles. The molecule has 96 valence electrons. The van der Waals surface area contributed by atoms with Gasteiger partial charge in [-0.2, -0.15) is 0 Å². The van der Waals surface area contributed by atoms with Crippen LogP contribution in [0.3, 0.4) is 0 Å². The Labute approximate surface area is 106 Å². The third-order valence-corrected chi connectivity index (χ3v) is 4.27. The highest BCUT2D eigenvalue weighted by Gasteiger charge is 2.05. The Morgan fingerprint density at radius 2 is 2.06 bits per heavy atom. The summed E-state index contributed by atoms with van der Waals surface area (Å²) >= 11 is 1.34. The van der Waals surface area contributed by atoms with Crippen molar-refractivity contribution in [2.24, 2.45) is 5.73 Å². The number of thioether (sulfide) groups is 1. The van der Waals surface area contributed by atoms with Gasteiger partial charge in [0, 0.05) is 16.9 Å². The van der Waals surface area contributed by atoms with Gasteiger partial charge in [0.2, 0.25) is 0 Å². The predicted molar refractivity (Wildman–Crippen MR) is 69.6 cm³/mol. The number of sulfone groups is 1. The summed E-state index contributed by atoms with van der Waals surface area (Å²) in [6, 6.07) is 4.71. The summed E-state index contributed by atoms with van der Waals surface area (Å²) in [5.74, 6) is 0.225. The van der Waals surface area contributed by atoms with Crippen molar-refractivity contribution in [3.8, 4) is 0 Å². The van der Waals surface area contributed by atoms with E-state index < -0.39 is 9.84 Å². The second kappa shape index (κ2) is 6.37. The van der Waals surface area contributed by atoms with E-state index in [1.165, 1.54) is 30.2 Å². The third-order valence-electron chi connectivity index (χ3n) is 2.09. The second-order valence-corrected chi connectivity index (χ2v) is 7.24. The summed E-state index contributed by atoms with van der Waals surface area (Å²) in [4.78, 5) is 0.747. The molecule has 1 rings (SSSR count). The summed E-state index contributed by atoms with van der Waals surface area (Å²) in [7, 11) is -2.96. The molecule has 0 aromatic heterocycles. The van der Waals surface area contributed by atoms with E-state index in [0.717, 1.165) is 10.5 Å². The molecular weight excluding hydrogens is 261 g/mol. The second-order valence-electron chi connectivity index (χ2n) is 3.81. The van der Waals surface area contributed by atoms with Crippen LogP contribution in [0.5, 0.6) is 0 Å². The molecule has 6 heteroatoms. The van der Waals surface area contributed by atoms with Crippen molar-refractivity contribution in [1.82, 2.24) is 0 Å². The number of hydrogen-bond acceptors (Lipinski definition) is 4. The summed E-state index contributed by atoms with van der Waals surface area (Å²) in [6.07, 6.45) is 1.82. The van der Waals surface area contributed by atoms with E-state index in [-0.39, 0.29) is 11.6 Å². The van der Waals surface area contributed by atoms with Crippen LogP contribution in [0.15, 0.2) is 23.1 Å². The van der Waals surface area contributed by atoms with Crippen LogP contribution in [0.4, 0.5) is 4.39 Å². The quantitative estimate of drug-likeness (QED) is 0.800. The summed E-state index contributed by atoms with van der Waals surface area (Å²) < 4.78 is 35.1. The molecule has 0 bridgehead atoms. The van der Waals surface area contributed by atoms with Crippen LogP contribution in [-0.2, 0) is 16.3 Å². The van der Waals surface area contributed by atoms with Gasteiger partial charge in [-0.05, 0) is 36.7 Å². The zero-order chi connectivity index (χ0) is 12.9. The molecule has 0 fully saturated rings. The monoisotopic (exact) mass is 277 g/mol. The zero-order valence-electron chi connectivity index (χ0n) is 9.65. The largest absolute Gasteiger partial charge is 0.330 e. The Balaban J connectivity index is 2.64. The fraction of sp³-hybridized carbons (Fsp3) is 0.455. The highest BCUT2D eigenvalue weighted by molar-refractivity contribution is 8.00. The van der Waals surface area contributed by atoms with Gasteiger partial charge in [0.1, 0.15) is 15.7 Å². The molecule has 0 spiro atoms. The molecule has 0 amide bonds. The van der Waals surface area contributed by atoms with Crippen LogP contribution in [0.2, 0.25) is 0 Å². The minimum atomic E-state index is -2.96. The summed E-state index contributed by atoms with van der Waals surface area (Å²) in [5.41, 5.74) is 6.25. The lowest BCUT2D eigenvalue weighted by atomic mass is 10.1. The molecule has 1 aromatic rings. The Bertz CT molecular complexity index is 474. The third kappa shape index (κ3) is 6.05. The van der Waals surface area contributed by atoms with Crippen LogP contribution in [0.25, 0.3) is 0 Å². The fourth-order valence-corrected chi connectivity index (χ4v) is 3.54. The molecule has 3 nitrogen and oxygen atoms in total. The topological polar surface area (TPSA) is 60.2 Å². The smallest absolute Gasteiger partial charge is 0.148 e. The molecule has 0 aliphatic rings. The lowest BCUT2D eigenvalue weighted by molar-refractivity contribution is 0.603. The standard InChI is InChI=1S/C11H16FNO2S2/c1-17(14,15)5-4-16-11-7-9(2-3-13)6-10(12)8-11/h6-8H,2-5,13H2,1H3. The summed E-state index contributed by atoms with van der Waals surface area (Å²) in [6.45, 7) is 0.469. The van der Waals surface area contributed by atoms with Crippen LogP contribution in [-0.4, -0.2) is 32.7 Å². The normalized spacial score (nSPS) is 11.7. The van der Waals surface area contributed by atoms with Gasteiger partial charge in [-0.15, -0.1) is 11.8 Å². The Kier molecular flexibility index (Phi) is 5.42. The molecule has 2 N–H and O–H groups in total. The van der Waals surface area contributed by atoms with E-state index >= 15 is 0 Å². The SMILES string of the molecule is CS(=O)(=O)CCSc1cc(F)cc(CCN)c1. The van der Waals surface area contributed by atoms with Gasteiger partial charge in [-0.25, -0.2) is 12.8 Å². The van der Waals surface area contributed by atoms with Crippen molar-refractivity contribution in [3.63, 3.8) is 0 Å². The first-order valence-electron chi connectivity index (χ1n) is 5.21. The average molecular weight is 277 g/mol. The van der Waals surface area contributed by atoms with E-state index in [4.69, 9.17) is 5.73 Å². The Morgan fingerprint density at radius 1 is 1.35 bits per heavy atom. The molecular formula is C11H16FNO2S2. The number of hydrogen-bond donors (Lipinski definition) is 1. The van der Waals surface area contributed by atoms with E-state index in [1.54, 1.807) is 0 Å². The van der Waals surface area contributed by atoms with Crippen molar-refractivity contribution in [1.29, 1.82) is 0 Å². The summed E-state index contributed by atoms with van der Waals surface area (Å²) in [5, 5.41) is 0. The van der Waals surface area contributed by atoms with Gasteiger partial charge in [0.15, 0.2) is 0 Å². The lowest BCUT2D eigenvalue weighted by Crippen LogP contribution is -2.05. The number of nitrogens with two attached hydrogens (primary N) is 1. The first-order chi connectivity index (χ1) is 7.90. The molecule has 0 aliphatic carbocycles. The first-order valence-corrected chi connectivity index (χ1v) is 8.25. The average Bonchev–Trinajstić information content (AvgIpc) is 2.15. The van der Waals surface area contributed by atoms with Gasteiger partial charge in [-0.1, -0.05) is 0 Å². The Hall–Kier alpha value is -0.590. The molecule has 0 radical (unpaired) electrons. The molecule has 0 saturated heterocycles. The lowest BCUT2D eigenvalue weighted by Gasteiger charge is -2.05. The van der Waals surface area contributed by atoms with Crippen molar-refractivity contribution in [2.75, 3.05) is 24.3 Å². The maximum atomic E-state index is 13.2. The van der Waals surface area contributed by atoms with Gasteiger partial charge in [-0.3, -0.25) is 0 Å². The van der Waals surface area contributed by atoms with Crippen molar-refractivity contribution in [2.45, 2.75) is 11.3 Å². The minimum Gasteiger partial charge on any atom is -0.330 e. The minimum absolute atomic E-state index is 0.0976. The van der Waals surface area contributed by atoms with Crippen LogP contribution in [0.1, 0.15) is 5.56 Å². The van der Waals surface area contributed by atoms with Crippen LogP contribution >= 0.6 is 11.8 Å². The highest BCUT2D eigenvalue weighted by Crippen LogP contribution is 2.21. The van der Waals surface area contributed by atoms with E-state index in [2.05, 4.69) is 0 Å². The first kappa shape index (κ1) is 14.5. The number of halogens is 1. The van der Waals surface area contributed by atoms with Gasteiger partial charge >= 0.3 is 0 Å². The maximum absolute atomic E-state index is 13.2. The predicted octanol–water partition coefficient (Wildman–Crippen LogP) is 1.46. The van der Waals surface area contributed by atoms with Crippen LogP contribution < -0.4 is 5.73 Å². The molecule has 0 atom stereocenters. The van der Waals surface area contributed by atoms with E-state index in [0.29, 0.717) is 18.7 Å². The molecule has 0 saturated carbocycles. The van der Waals surface area contributed by atoms with Crippen molar-refractivity contribution in [3.05, 3.63) is 29.6 Å². The number of rotatable bonds is 6. The molecule has 0 unspecified atom stereocenters. The molecule has 17 heavy (non-hydrogen) atoms.